The van der Waals surface area contributed by atoms with Crippen LogP contribution in [0, 0.1) is 6.92 Å². The van der Waals surface area contributed by atoms with Gasteiger partial charge in [-0.25, -0.2) is 9.97 Å². The summed E-state index contributed by atoms with van der Waals surface area (Å²) in [4.78, 5) is 11.2. The molecule has 2 N–H and O–H groups in total. The molecule has 0 aromatic carbocycles. The Labute approximate surface area is 114 Å². The third-order valence-electron chi connectivity index (χ3n) is 3.39. The van der Waals surface area contributed by atoms with Crippen LogP contribution in [0.25, 0.3) is 0 Å². The summed E-state index contributed by atoms with van der Waals surface area (Å²) in [6.07, 6.45) is 4.89. The second-order valence-corrected chi connectivity index (χ2v) is 4.83. The number of hydrogen-bond acceptors (Lipinski definition) is 5. The van der Waals surface area contributed by atoms with Crippen molar-refractivity contribution >= 4 is 11.6 Å². The Morgan fingerprint density at radius 3 is 3.16 bits per heavy atom. The van der Waals surface area contributed by atoms with Gasteiger partial charge in [-0.2, -0.15) is 0 Å². The smallest absolute Gasteiger partial charge is 0.134 e. The summed E-state index contributed by atoms with van der Waals surface area (Å²) >= 11 is 0. The van der Waals surface area contributed by atoms with Crippen LogP contribution in [0.1, 0.15) is 25.1 Å². The van der Waals surface area contributed by atoms with Gasteiger partial charge in [0.05, 0.1) is 0 Å². The van der Waals surface area contributed by atoms with Gasteiger partial charge in [0.2, 0.25) is 0 Å². The van der Waals surface area contributed by atoms with Gasteiger partial charge < -0.3 is 15.3 Å². The number of aliphatic hydroxyl groups excluding tert-OH is 1. The monoisotopic (exact) mass is 262 g/mol. The molecular weight excluding hydrogens is 240 g/mol. The first kappa shape index (κ1) is 13.8. The predicted octanol–water partition coefficient (Wildman–Crippen LogP) is 1.73. The molecule has 1 saturated heterocycles. The van der Waals surface area contributed by atoms with Gasteiger partial charge in [-0.05, 0) is 26.2 Å². The maximum atomic E-state index is 9.13. The predicted molar refractivity (Wildman–Crippen MR) is 77.5 cm³/mol. The molecule has 1 aromatic heterocycles. The number of aryl methyl sites for hydroxylation is 1. The topological polar surface area (TPSA) is 61.3 Å². The molecule has 2 heterocycles. The average molecular weight is 262 g/mol. The third-order valence-corrected chi connectivity index (χ3v) is 3.39. The molecule has 0 aliphatic carbocycles. The lowest BCUT2D eigenvalue weighted by Gasteiger charge is -2.25. The Bertz CT molecular complexity index is 435. The molecule has 104 valence electrons. The van der Waals surface area contributed by atoms with E-state index in [1.54, 1.807) is 0 Å². The third kappa shape index (κ3) is 3.44. The van der Waals surface area contributed by atoms with Gasteiger partial charge in [-0.1, -0.05) is 6.08 Å². The van der Waals surface area contributed by atoms with Crippen molar-refractivity contribution in [2.24, 2.45) is 0 Å². The molecule has 1 aliphatic rings. The highest BCUT2D eigenvalue weighted by Gasteiger charge is 2.25. The summed E-state index contributed by atoms with van der Waals surface area (Å²) < 4.78 is 0. The van der Waals surface area contributed by atoms with E-state index in [0.29, 0.717) is 12.6 Å². The van der Waals surface area contributed by atoms with E-state index in [0.717, 1.165) is 43.3 Å². The summed E-state index contributed by atoms with van der Waals surface area (Å²) in [5.41, 5.74) is 0. The zero-order chi connectivity index (χ0) is 13.7. The second-order valence-electron chi connectivity index (χ2n) is 4.83. The van der Waals surface area contributed by atoms with Crippen LogP contribution < -0.4 is 10.2 Å². The van der Waals surface area contributed by atoms with Gasteiger partial charge in [0.15, 0.2) is 0 Å². The zero-order valence-electron chi connectivity index (χ0n) is 11.5. The fourth-order valence-corrected chi connectivity index (χ4v) is 2.55. The van der Waals surface area contributed by atoms with E-state index in [4.69, 9.17) is 5.11 Å². The van der Waals surface area contributed by atoms with Gasteiger partial charge in [0.25, 0.3) is 0 Å². The summed E-state index contributed by atoms with van der Waals surface area (Å²) in [5, 5.41) is 12.3. The van der Waals surface area contributed by atoms with Crippen molar-refractivity contribution < 1.29 is 5.11 Å². The molecule has 0 bridgehead atoms. The fraction of sp³-hybridized carbons (Fsp3) is 0.571. The molecule has 1 atom stereocenters. The summed E-state index contributed by atoms with van der Waals surface area (Å²) in [7, 11) is 0. The molecular formula is C14H22N4O. The van der Waals surface area contributed by atoms with E-state index in [-0.39, 0.29) is 6.61 Å². The maximum Gasteiger partial charge on any atom is 0.134 e. The number of hydrogen-bond donors (Lipinski definition) is 2. The molecule has 1 aromatic rings. The van der Waals surface area contributed by atoms with Crippen molar-refractivity contribution in [3.8, 4) is 0 Å². The second kappa shape index (κ2) is 6.52. The molecule has 0 spiro atoms. The number of aliphatic hydroxyl groups is 1. The van der Waals surface area contributed by atoms with Crippen LogP contribution in [-0.4, -0.2) is 40.8 Å². The molecule has 2 rings (SSSR count). The Balaban J connectivity index is 2.18. The maximum absolute atomic E-state index is 9.13. The van der Waals surface area contributed by atoms with E-state index in [9.17, 15) is 0 Å². The minimum absolute atomic E-state index is 0.229. The Kier molecular flexibility index (Phi) is 4.74. The molecule has 1 unspecified atom stereocenters. The highest BCUT2D eigenvalue weighted by molar-refractivity contribution is 5.51. The minimum Gasteiger partial charge on any atom is -0.396 e. The van der Waals surface area contributed by atoms with Crippen LogP contribution in [-0.2, 0) is 0 Å². The molecule has 0 saturated carbocycles. The number of rotatable bonds is 6. The van der Waals surface area contributed by atoms with Gasteiger partial charge >= 0.3 is 0 Å². The van der Waals surface area contributed by atoms with Crippen LogP contribution in [0.5, 0.6) is 0 Å². The van der Waals surface area contributed by atoms with Crippen LogP contribution in [0.2, 0.25) is 0 Å². The minimum atomic E-state index is 0.229. The lowest BCUT2D eigenvalue weighted by atomic mass is 10.1. The SMILES string of the molecule is C=CCNc1cc(N2CCCC2CCO)nc(C)n1. The summed E-state index contributed by atoms with van der Waals surface area (Å²) in [5.74, 6) is 2.55. The van der Waals surface area contributed by atoms with Crippen molar-refractivity contribution in [3.05, 3.63) is 24.5 Å². The number of nitrogens with one attached hydrogen (secondary N) is 1. The number of anilines is 2. The Morgan fingerprint density at radius 2 is 2.42 bits per heavy atom. The lowest BCUT2D eigenvalue weighted by molar-refractivity contribution is 0.275. The standard InChI is InChI=1S/C14H22N4O/c1-3-7-15-13-10-14(17-11(2)16-13)18-8-4-5-12(18)6-9-19/h3,10,12,19H,1,4-9H2,2H3,(H,15,16,17). The first-order valence-electron chi connectivity index (χ1n) is 6.82. The number of nitrogens with zero attached hydrogens (tertiary/aromatic N) is 3. The first-order valence-corrected chi connectivity index (χ1v) is 6.82. The molecule has 0 radical (unpaired) electrons. The molecule has 5 nitrogen and oxygen atoms in total. The first-order chi connectivity index (χ1) is 9.24. The molecule has 5 heteroatoms. The normalized spacial score (nSPS) is 18.6. The molecule has 0 amide bonds. The van der Waals surface area contributed by atoms with E-state index in [1.807, 2.05) is 19.1 Å². The zero-order valence-corrected chi connectivity index (χ0v) is 11.5. The fourth-order valence-electron chi connectivity index (χ4n) is 2.55. The van der Waals surface area contributed by atoms with Crippen LogP contribution in [0.15, 0.2) is 18.7 Å². The highest BCUT2D eigenvalue weighted by Crippen LogP contribution is 2.27. The van der Waals surface area contributed by atoms with Crippen molar-refractivity contribution in [1.82, 2.24) is 9.97 Å². The quantitative estimate of drug-likeness (QED) is 0.765. The van der Waals surface area contributed by atoms with Crippen molar-refractivity contribution in [1.29, 1.82) is 0 Å². The molecule has 1 aliphatic heterocycles. The summed E-state index contributed by atoms with van der Waals surface area (Å²) in [6.45, 7) is 7.51. The van der Waals surface area contributed by atoms with Gasteiger partial charge in [-0.3, -0.25) is 0 Å². The average Bonchev–Trinajstić information content (AvgIpc) is 2.84. The molecule has 19 heavy (non-hydrogen) atoms. The van der Waals surface area contributed by atoms with Gasteiger partial charge in [-0.15, -0.1) is 6.58 Å². The van der Waals surface area contributed by atoms with E-state index >= 15 is 0 Å². The number of aromatic nitrogens is 2. The van der Waals surface area contributed by atoms with Gasteiger partial charge in [0.1, 0.15) is 17.5 Å². The van der Waals surface area contributed by atoms with Crippen molar-refractivity contribution in [2.45, 2.75) is 32.2 Å². The van der Waals surface area contributed by atoms with Gasteiger partial charge in [0, 0.05) is 31.8 Å². The summed E-state index contributed by atoms with van der Waals surface area (Å²) in [6, 6.07) is 2.37. The van der Waals surface area contributed by atoms with Crippen molar-refractivity contribution in [3.63, 3.8) is 0 Å². The highest BCUT2D eigenvalue weighted by atomic mass is 16.3. The van der Waals surface area contributed by atoms with Crippen LogP contribution in [0.3, 0.4) is 0 Å². The lowest BCUT2D eigenvalue weighted by Crippen LogP contribution is -2.31. The van der Waals surface area contributed by atoms with E-state index in [1.165, 1.54) is 0 Å². The van der Waals surface area contributed by atoms with Crippen LogP contribution in [0.4, 0.5) is 11.6 Å². The Hall–Kier alpha value is -1.62. The van der Waals surface area contributed by atoms with Crippen molar-refractivity contribution in [2.75, 3.05) is 29.9 Å². The van der Waals surface area contributed by atoms with E-state index < -0.39 is 0 Å². The largest absolute Gasteiger partial charge is 0.396 e. The Morgan fingerprint density at radius 1 is 1.58 bits per heavy atom. The van der Waals surface area contributed by atoms with E-state index in [2.05, 4.69) is 26.8 Å². The molecule has 1 fully saturated rings. The van der Waals surface area contributed by atoms with Crippen LogP contribution >= 0.6 is 0 Å².